The average molecular weight is 495 g/mol. The number of unbranched alkanes of at least 4 members (excludes halogenated alkanes) is 27. The molecule has 0 aromatic rings. The van der Waals surface area contributed by atoms with Crippen LogP contribution in [0.5, 0.6) is 0 Å². The molecular formula is C34H70O. The summed E-state index contributed by atoms with van der Waals surface area (Å²) in [5.74, 6) is 0. The molecule has 1 atom stereocenters. The van der Waals surface area contributed by atoms with Gasteiger partial charge in [-0.05, 0) is 12.8 Å². The molecule has 0 aliphatic rings. The Kier molecular flexibility index (Phi) is 32.0. The van der Waals surface area contributed by atoms with Crippen LogP contribution in [0.15, 0.2) is 0 Å². The van der Waals surface area contributed by atoms with Crippen molar-refractivity contribution >= 4 is 0 Å². The van der Waals surface area contributed by atoms with Gasteiger partial charge in [0.25, 0.3) is 0 Å². The number of aliphatic hydroxyl groups is 1. The van der Waals surface area contributed by atoms with Gasteiger partial charge in [0.15, 0.2) is 0 Å². The Balaban J connectivity index is 3.13. The molecule has 0 spiro atoms. The van der Waals surface area contributed by atoms with Crippen LogP contribution in [0.25, 0.3) is 0 Å². The molecule has 212 valence electrons. The van der Waals surface area contributed by atoms with Crippen LogP contribution in [0.3, 0.4) is 0 Å². The van der Waals surface area contributed by atoms with Crippen molar-refractivity contribution in [2.24, 2.45) is 0 Å². The largest absolute Gasteiger partial charge is 0.393 e. The van der Waals surface area contributed by atoms with E-state index in [1.54, 1.807) is 0 Å². The van der Waals surface area contributed by atoms with Crippen LogP contribution in [0.4, 0.5) is 0 Å². The molecule has 0 aliphatic carbocycles. The molecule has 1 heteroatoms. The van der Waals surface area contributed by atoms with Gasteiger partial charge in [-0.15, -0.1) is 0 Å². The first-order valence-electron chi connectivity index (χ1n) is 17.0. The van der Waals surface area contributed by atoms with E-state index >= 15 is 0 Å². The van der Waals surface area contributed by atoms with Crippen LogP contribution in [-0.2, 0) is 0 Å². The lowest BCUT2D eigenvalue weighted by atomic mass is 10.0. The Labute approximate surface area is 224 Å². The summed E-state index contributed by atoms with van der Waals surface area (Å²) in [5, 5.41) is 10.2. The van der Waals surface area contributed by atoms with Crippen LogP contribution in [0, 0.1) is 0 Å². The summed E-state index contributed by atoms with van der Waals surface area (Å²) in [6, 6.07) is 0. The zero-order chi connectivity index (χ0) is 25.5. The van der Waals surface area contributed by atoms with Gasteiger partial charge in [0.1, 0.15) is 0 Å². The third kappa shape index (κ3) is 31.9. The minimum absolute atomic E-state index is 0.0329. The third-order valence-electron chi connectivity index (χ3n) is 8.03. The number of hydrogen-bond acceptors (Lipinski definition) is 1. The monoisotopic (exact) mass is 495 g/mol. The van der Waals surface area contributed by atoms with Crippen molar-refractivity contribution in [3.05, 3.63) is 0 Å². The second-order valence-electron chi connectivity index (χ2n) is 11.8. The van der Waals surface area contributed by atoms with Gasteiger partial charge in [-0.2, -0.15) is 0 Å². The summed E-state index contributed by atoms with van der Waals surface area (Å²) in [4.78, 5) is 0. The highest BCUT2D eigenvalue weighted by molar-refractivity contribution is 4.58. The van der Waals surface area contributed by atoms with Crippen LogP contribution in [0.1, 0.15) is 213 Å². The van der Waals surface area contributed by atoms with E-state index in [1.165, 1.54) is 186 Å². The van der Waals surface area contributed by atoms with E-state index in [4.69, 9.17) is 0 Å². The van der Waals surface area contributed by atoms with E-state index in [1.807, 2.05) is 0 Å². The van der Waals surface area contributed by atoms with E-state index in [-0.39, 0.29) is 6.10 Å². The Hall–Kier alpha value is -0.0400. The lowest BCUT2D eigenvalue weighted by molar-refractivity contribution is 0.147. The maximum absolute atomic E-state index is 10.2. The first kappa shape index (κ1) is 35.0. The Morgan fingerprint density at radius 2 is 0.457 bits per heavy atom. The molecule has 0 aromatic carbocycles. The normalized spacial score (nSPS) is 12.4. The highest BCUT2D eigenvalue weighted by atomic mass is 16.3. The number of rotatable bonds is 31. The van der Waals surface area contributed by atoms with Crippen molar-refractivity contribution in [1.29, 1.82) is 0 Å². The fraction of sp³-hybridized carbons (Fsp3) is 1.00. The second-order valence-corrected chi connectivity index (χ2v) is 11.8. The average Bonchev–Trinajstić information content (AvgIpc) is 2.86. The standard InChI is InChI=1S/C34H70O/c1-3-5-7-9-11-13-15-17-18-19-20-21-23-25-27-29-31-33-34(35)32-30-28-26-24-22-16-14-12-10-8-6-4-2/h34-35H,3-33H2,1-2H3. The van der Waals surface area contributed by atoms with E-state index < -0.39 is 0 Å². The Morgan fingerprint density at radius 1 is 0.286 bits per heavy atom. The van der Waals surface area contributed by atoms with Gasteiger partial charge in [-0.1, -0.05) is 200 Å². The second kappa shape index (κ2) is 32.0. The van der Waals surface area contributed by atoms with E-state index in [9.17, 15) is 5.11 Å². The minimum Gasteiger partial charge on any atom is -0.393 e. The molecule has 0 amide bonds. The molecule has 0 heterocycles. The molecule has 0 aliphatic heterocycles. The summed E-state index contributed by atoms with van der Waals surface area (Å²) >= 11 is 0. The van der Waals surface area contributed by atoms with Gasteiger partial charge >= 0.3 is 0 Å². The molecule has 35 heavy (non-hydrogen) atoms. The van der Waals surface area contributed by atoms with Crippen molar-refractivity contribution in [2.45, 2.75) is 219 Å². The molecule has 0 bridgehead atoms. The summed E-state index contributed by atoms with van der Waals surface area (Å²) in [7, 11) is 0. The van der Waals surface area contributed by atoms with Gasteiger partial charge in [-0.25, -0.2) is 0 Å². The van der Waals surface area contributed by atoms with Crippen molar-refractivity contribution in [2.75, 3.05) is 0 Å². The van der Waals surface area contributed by atoms with Gasteiger partial charge in [0.2, 0.25) is 0 Å². The molecule has 0 saturated carbocycles. The van der Waals surface area contributed by atoms with E-state index in [0.717, 1.165) is 12.8 Å². The third-order valence-corrected chi connectivity index (χ3v) is 8.03. The summed E-state index contributed by atoms with van der Waals surface area (Å²) in [5.41, 5.74) is 0. The van der Waals surface area contributed by atoms with Gasteiger partial charge < -0.3 is 5.11 Å². The van der Waals surface area contributed by atoms with Crippen LogP contribution < -0.4 is 0 Å². The molecule has 1 N–H and O–H groups in total. The van der Waals surface area contributed by atoms with Crippen LogP contribution in [0.2, 0.25) is 0 Å². The lowest BCUT2D eigenvalue weighted by Crippen LogP contribution is -2.05. The Morgan fingerprint density at radius 3 is 0.657 bits per heavy atom. The van der Waals surface area contributed by atoms with E-state index in [2.05, 4.69) is 13.8 Å². The molecule has 0 radical (unpaired) electrons. The molecule has 0 fully saturated rings. The van der Waals surface area contributed by atoms with Crippen molar-refractivity contribution in [1.82, 2.24) is 0 Å². The van der Waals surface area contributed by atoms with Crippen molar-refractivity contribution < 1.29 is 5.11 Å². The topological polar surface area (TPSA) is 20.2 Å². The first-order valence-corrected chi connectivity index (χ1v) is 17.0. The fourth-order valence-electron chi connectivity index (χ4n) is 5.47. The van der Waals surface area contributed by atoms with Crippen molar-refractivity contribution in [3.63, 3.8) is 0 Å². The van der Waals surface area contributed by atoms with Crippen LogP contribution >= 0.6 is 0 Å². The SMILES string of the molecule is CCCCCCCCCCCCCCCCCCCC(O)CCCCCCCCCCCCCC. The maximum atomic E-state index is 10.2. The zero-order valence-corrected chi connectivity index (χ0v) is 24.9. The zero-order valence-electron chi connectivity index (χ0n) is 24.9. The maximum Gasteiger partial charge on any atom is 0.0540 e. The summed E-state index contributed by atoms with van der Waals surface area (Å²) in [6.45, 7) is 4.59. The highest BCUT2D eigenvalue weighted by Crippen LogP contribution is 2.17. The Bertz CT molecular complexity index is 352. The highest BCUT2D eigenvalue weighted by Gasteiger charge is 2.04. The number of aliphatic hydroxyl groups excluding tert-OH is 1. The van der Waals surface area contributed by atoms with Gasteiger partial charge in [0.05, 0.1) is 6.10 Å². The molecule has 0 aromatic heterocycles. The predicted octanol–water partition coefficient (Wildman–Crippen LogP) is 12.5. The summed E-state index contributed by atoms with van der Waals surface area (Å²) in [6.07, 6.45) is 43.0. The smallest absolute Gasteiger partial charge is 0.0540 e. The van der Waals surface area contributed by atoms with Crippen molar-refractivity contribution in [3.8, 4) is 0 Å². The van der Waals surface area contributed by atoms with Gasteiger partial charge in [-0.3, -0.25) is 0 Å². The van der Waals surface area contributed by atoms with Gasteiger partial charge in [0, 0.05) is 0 Å². The quantitative estimate of drug-likeness (QED) is 0.0950. The number of hydrogen-bond donors (Lipinski definition) is 1. The summed E-state index contributed by atoms with van der Waals surface area (Å²) < 4.78 is 0. The molecule has 1 nitrogen and oxygen atoms in total. The molecular weight excluding hydrogens is 424 g/mol. The lowest BCUT2D eigenvalue weighted by Gasteiger charge is -2.10. The molecule has 0 saturated heterocycles. The minimum atomic E-state index is -0.0329. The fourth-order valence-corrected chi connectivity index (χ4v) is 5.47. The molecule has 0 rings (SSSR count). The van der Waals surface area contributed by atoms with Crippen LogP contribution in [-0.4, -0.2) is 11.2 Å². The first-order chi connectivity index (χ1) is 17.3. The van der Waals surface area contributed by atoms with E-state index in [0.29, 0.717) is 0 Å². The predicted molar refractivity (Wildman–Crippen MR) is 160 cm³/mol. The molecule has 1 unspecified atom stereocenters.